The van der Waals surface area contributed by atoms with Crippen LogP contribution < -0.4 is 0 Å². The van der Waals surface area contributed by atoms with Crippen LogP contribution in [0.3, 0.4) is 0 Å². The summed E-state index contributed by atoms with van der Waals surface area (Å²) in [7, 11) is 0. The minimum atomic E-state index is -0.00523. The third kappa shape index (κ3) is 2.98. The molecule has 1 rings (SSSR count). The maximum Gasteiger partial charge on any atom is 0.0596 e. The molecule has 78 valence electrons. The molecule has 1 N–H and O–H groups in total. The minimum absolute atomic E-state index is 0.00523. The highest BCUT2D eigenvalue weighted by atomic mass is 16.3. The van der Waals surface area contributed by atoms with Gasteiger partial charge in [0.1, 0.15) is 0 Å². The SMILES string of the molecule is CCCCCC1(C(O)CCC)CC1. The predicted molar refractivity (Wildman–Crippen MR) is 56.7 cm³/mol. The molecule has 1 fully saturated rings. The lowest BCUT2D eigenvalue weighted by Crippen LogP contribution is -2.21. The Labute approximate surface area is 82.5 Å². The topological polar surface area (TPSA) is 20.2 Å². The Morgan fingerprint density at radius 1 is 1.15 bits per heavy atom. The van der Waals surface area contributed by atoms with Crippen molar-refractivity contribution in [2.45, 2.75) is 71.3 Å². The molecule has 13 heavy (non-hydrogen) atoms. The predicted octanol–water partition coefficient (Wildman–Crippen LogP) is 3.51. The van der Waals surface area contributed by atoms with Crippen molar-refractivity contribution in [3.8, 4) is 0 Å². The molecule has 1 aliphatic carbocycles. The molecule has 0 amide bonds. The van der Waals surface area contributed by atoms with Crippen molar-refractivity contribution < 1.29 is 5.11 Å². The summed E-state index contributed by atoms with van der Waals surface area (Å²) in [5, 5.41) is 9.94. The maximum atomic E-state index is 9.94. The highest BCUT2D eigenvalue weighted by molar-refractivity contribution is 4.98. The third-order valence-electron chi connectivity index (χ3n) is 3.44. The fourth-order valence-electron chi connectivity index (χ4n) is 2.22. The van der Waals surface area contributed by atoms with Crippen LogP contribution in [0.15, 0.2) is 0 Å². The Hall–Kier alpha value is -0.0400. The van der Waals surface area contributed by atoms with Crippen LogP contribution in [0, 0.1) is 5.41 Å². The van der Waals surface area contributed by atoms with Gasteiger partial charge in [0.15, 0.2) is 0 Å². The van der Waals surface area contributed by atoms with Crippen LogP contribution in [0.1, 0.15) is 65.2 Å². The van der Waals surface area contributed by atoms with Gasteiger partial charge in [-0.15, -0.1) is 0 Å². The van der Waals surface area contributed by atoms with Gasteiger partial charge >= 0.3 is 0 Å². The van der Waals surface area contributed by atoms with E-state index in [-0.39, 0.29) is 6.10 Å². The maximum absolute atomic E-state index is 9.94. The van der Waals surface area contributed by atoms with E-state index >= 15 is 0 Å². The quantitative estimate of drug-likeness (QED) is 0.600. The molecule has 0 aromatic heterocycles. The number of hydrogen-bond acceptors (Lipinski definition) is 1. The van der Waals surface area contributed by atoms with Crippen molar-refractivity contribution in [3.63, 3.8) is 0 Å². The zero-order valence-electron chi connectivity index (χ0n) is 9.18. The fraction of sp³-hybridized carbons (Fsp3) is 1.00. The van der Waals surface area contributed by atoms with E-state index in [0.717, 1.165) is 12.8 Å². The molecule has 0 aromatic carbocycles. The van der Waals surface area contributed by atoms with Crippen molar-refractivity contribution in [1.29, 1.82) is 0 Å². The molecular weight excluding hydrogens is 160 g/mol. The molecule has 1 unspecified atom stereocenters. The summed E-state index contributed by atoms with van der Waals surface area (Å²) in [4.78, 5) is 0. The van der Waals surface area contributed by atoms with Crippen LogP contribution in [0.5, 0.6) is 0 Å². The van der Waals surface area contributed by atoms with Crippen LogP contribution >= 0.6 is 0 Å². The molecule has 1 nitrogen and oxygen atoms in total. The molecule has 0 bridgehead atoms. The van der Waals surface area contributed by atoms with Gasteiger partial charge in [-0.3, -0.25) is 0 Å². The van der Waals surface area contributed by atoms with Crippen LogP contribution in [0.4, 0.5) is 0 Å². The molecule has 0 aliphatic heterocycles. The van der Waals surface area contributed by atoms with Crippen LogP contribution in [0.25, 0.3) is 0 Å². The first-order chi connectivity index (χ1) is 6.25. The second kappa shape index (κ2) is 4.99. The summed E-state index contributed by atoms with van der Waals surface area (Å²) in [6.07, 6.45) is 9.88. The van der Waals surface area contributed by atoms with Crippen molar-refractivity contribution in [3.05, 3.63) is 0 Å². The summed E-state index contributed by atoms with van der Waals surface area (Å²) in [5.41, 5.74) is 0.366. The molecule has 1 saturated carbocycles. The summed E-state index contributed by atoms with van der Waals surface area (Å²) >= 11 is 0. The van der Waals surface area contributed by atoms with E-state index in [9.17, 15) is 5.11 Å². The van der Waals surface area contributed by atoms with Gasteiger partial charge in [0.2, 0.25) is 0 Å². The van der Waals surface area contributed by atoms with Gasteiger partial charge in [-0.1, -0.05) is 39.5 Å². The van der Waals surface area contributed by atoms with Gasteiger partial charge in [-0.05, 0) is 31.1 Å². The van der Waals surface area contributed by atoms with E-state index < -0.39 is 0 Å². The first kappa shape index (κ1) is 11.0. The third-order valence-corrected chi connectivity index (χ3v) is 3.44. The lowest BCUT2D eigenvalue weighted by molar-refractivity contribution is 0.0765. The molecule has 0 aromatic rings. The Morgan fingerprint density at radius 2 is 1.85 bits per heavy atom. The Morgan fingerprint density at radius 3 is 2.31 bits per heavy atom. The number of unbranched alkanes of at least 4 members (excludes halogenated alkanes) is 2. The normalized spacial score (nSPS) is 21.5. The molecule has 1 atom stereocenters. The molecule has 0 saturated heterocycles. The summed E-state index contributed by atoms with van der Waals surface area (Å²) < 4.78 is 0. The first-order valence-corrected chi connectivity index (χ1v) is 5.93. The highest BCUT2D eigenvalue weighted by Gasteiger charge is 2.47. The monoisotopic (exact) mass is 184 g/mol. The lowest BCUT2D eigenvalue weighted by Gasteiger charge is -2.21. The fourth-order valence-corrected chi connectivity index (χ4v) is 2.22. The van der Waals surface area contributed by atoms with E-state index in [4.69, 9.17) is 0 Å². The average Bonchev–Trinajstić information content (AvgIpc) is 2.87. The van der Waals surface area contributed by atoms with Gasteiger partial charge in [0.05, 0.1) is 6.10 Å². The number of aliphatic hydroxyl groups excluding tert-OH is 1. The molecule has 1 heteroatoms. The van der Waals surface area contributed by atoms with E-state index in [1.54, 1.807) is 0 Å². The van der Waals surface area contributed by atoms with Gasteiger partial charge in [0.25, 0.3) is 0 Å². The van der Waals surface area contributed by atoms with Crippen LogP contribution in [0.2, 0.25) is 0 Å². The Balaban J connectivity index is 2.21. The molecule has 0 heterocycles. The average molecular weight is 184 g/mol. The molecule has 0 spiro atoms. The minimum Gasteiger partial charge on any atom is -0.393 e. The van der Waals surface area contributed by atoms with Crippen molar-refractivity contribution >= 4 is 0 Å². The summed E-state index contributed by atoms with van der Waals surface area (Å²) in [6.45, 7) is 4.40. The second-order valence-electron chi connectivity index (χ2n) is 4.62. The van der Waals surface area contributed by atoms with Gasteiger partial charge in [-0.2, -0.15) is 0 Å². The van der Waals surface area contributed by atoms with Gasteiger partial charge in [0, 0.05) is 0 Å². The zero-order valence-corrected chi connectivity index (χ0v) is 9.18. The highest BCUT2D eigenvalue weighted by Crippen LogP contribution is 2.53. The number of aliphatic hydroxyl groups is 1. The van der Waals surface area contributed by atoms with Crippen molar-refractivity contribution in [1.82, 2.24) is 0 Å². The lowest BCUT2D eigenvalue weighted by atomic mass is 9.90. The van der Waals surface area contributed by atoms with Crippen LogP contribution in [-0.2, 0) is 0 Å². The smallest absolute Gasteiger partial charge is 0.0596 e. The standard InChI is InChI=1S/C12H24O/c1-3-5-6-8-12(9-10-12)11(13)7-4-2/h11,13H,3-10H2,1-2H3. The zero-order chi connectivity index (χ0) is 9.73. The van der Waals surface area contributed by atoms with Crippen molar-refractivity contribution in [2.24, 2.45) is 5.41 Å². The Bertz CT molecular complexity index is 138. The largest absolute Gasteiger partial charge is 0.393 e. The van der Waals surface area contributed by atoms with Crippen LogP contribution in [-0.4, -0.2) is 11.2 Å². The summed E-state index contributed by atoms with van der Waals surface area (Å²) in [5.74, 6) is 0. The number of hydrogen-bond donors (Lipinski definition) is 1. The van der Waals surface area contributed by atoms with Crippen molar-refractivity contribution in [2.75, 3.05) is 0 Å². The van der Waals surface area contributed by atoms with E-state index in [1.165, 1.54) is 38.5 Å². The van der Waals surface area contributed by atoms with E-state index in [0.29, 0.717) is 5.41 Å². The number of rotatable bonds is 7. The van der Waals surface area contributed by atoms with Gasteiger partial charge in [-0.25, -0.2) is 0 Å². The molecule has 1 aliphatic rings. The second-order valence-corrected chi connectivity index (χ2v) is 4.62. The Kier molecular flexibility index (Phi) is 4.24. The first-order valence-electron chi connectivity index (χ1n) is 5.93. The molecule has 0 radical (unpaired) electrons. The molecular formula is C12H24O. The van der Waals surface area contributed by atoms with E-state index in [1.807, 2.05) is 0 Å². The van der Waals surface area contributed by atoms with Gasteiger partial charge < -0.3 is 5.11 Å². The summed E-state index contributed by atoms with van der Waals surface area (Å²) in [6, 6.07) is 0. The van der Waals surface area contributed by atoms with E-state index in [2.05, 4.69) is 13.8 Å².